The molecule has 0 spiro atoms. The number of ether oxygens (including phenoxy) is 3. The lowest BCUT2D eigenvalue weighted by molar-refractivity contribution is -0.129. The van der Waals surface area contributed by atoms with E-state index in [1.54, 1.807) is 35.0 Å². The number of hydrogen-bond donors (Lipinski definition) is 2. The number of aliphatic hydroxyl groups excluding tert-OH is 1. The Morgan fingerprint density at radius 1 is 1.11 bits per heavy atom. The van der Waals surface area contributed by atoms with Crippen LogP contribution in [0.3, 0.4) is 0 Å². The van der Waals surface area contributed by atoms with Crippen LogP contribution in [0.1, 0.15) is 38.8 Å². The maximum absolute atomic E-state index is 14.2. The highest BCUT2D eigenvalue weighted by molar-refractivity contribution is 7.21. The van der Waals surface area contributed by atoms with Crippen molar-refractivity contribution in [2.45, 2.75) is 59.2 Å². The molecule has 0 aliphatic heterocycles. The normalized spacial score (nSPS) is 11.5. The van der Waals surface area contributed by atoms with Gasteiger partial charge < -0.3 is 24.6 Å². The number of halogens is 1. The predicted molar refractivity (Wildman–Crippen MR) is 169 cm³/mol. The van der Waals surface area contributed by atoms with Gasteiger partial charge in [-0.2, -0.15) is 10.2 Å². The van der Waals surface area contributed by atoms with Gasteiger partial charge in [-0.05, 0) is 64.8 Å². The second-order valence-electron chi connectivity index (χ2n) is 10.9. The van der Waals surface area contributed by atoms with Crippen molar-refractivity contribution in [2.75, 3.05) is 40.6 Å². The molecule has 45 heavy (non-hydrogen) atoms. The second-order valence-corrected chi connectivity index (χ2v) is 11.8. The number of carbonyl (C=O) groups excluding carboxylic acids is 1. The quantitative estimate of drug-likeness (QED) is 0.208. The van der Waals surface area contributed by atoms with Gasteiger partial charge in [0.05, 0.1) is 37.6 Å². The van der Waals surface area contributed by atoms with Gasteiger partial charge in [-0.25, -0.2) is 13.8 Å². The molecule has 246 valence electrons. The molecular formula is C30H41FN6O7S. The summed E-state index contributed by atoms with van der Waals surface area (Å²) in [7, 11) is 3.11. The van der Waals surface area contributed by atoms with Gasteiger partial charge in [-0.1, -0.05) is 11.3 Å². The van der Waals surface area contributed by atoms with Gasteiger partial charge >= 0.3 is 5.69 Å². The first-order valence-corrected chi connectivity index (χ1v) is 15.2. The van der Waals surface area contributed by atoms with Crippen molar-refractivity contribution in [1.82, 2.24) is 29.4 Å². The fourth-order valence-electron chi connectivity index (χ4n) is 4.52. The summed E-state index contributed by atoms with van der Waals surface area (Å²) >= 11 is 1.20. The Morgan fingerprint density at radius 2 is 1.78 bits per heavy atom. The third-order valence-corrected chi connectivity index (χ3v) is 8.07. The molecule has 0 aliphatic rings. The lowest BCUT2D eigenvalue weighted by Gasteiger charge is -2.27. The number of fused-ring (bicyclic) bond motifs is 1. The van der Waals surface area contributed by atoms with Crippen LogP contribution < -0.4 is 21.3 Å². The summed E-state index contributed by atoms with van der Waals surface area (Å²) in [5, 5.41) is 20.0. The number of benzene rings is 1. The molecule has 2 N–H and O–H groups in total. The molecule has 15 heteroatoms. The molecule has 1 amide bonds. The third-order valence-electron chi connectivity index (χ3n) is 6.79. The average molecular weight is 649 g/mol. The number of hydrogen-bond acceptors (Lipinski definition) is 10. The van der Waals surface area contributed by atoms with E-state index in [2.05, 4.69) is 20.3 Å². The van der Waals surface area contributed by atoms with Crippen molar-refractivity contribution >= 4 is 27.5 Å². The van der Waals surface area contributed by atoms with Crippen molar-refractivity contribution in [1.29, 1.82) is 0 Å². The van der Waals surface area contributed by atoms with Crippen molar-refractivity contribution < 1.29 is 28.5 Å². The molecule has 0 fully saturated rings. The van der Waals surface area contributed by atoms with E-state index in [1.165, 1.54) is 65.1 Å². The molecular weight excluding hydrogens is 607 g/mol. The Morgan fingerprint density at radius 3 is 2.36 bits per heavy atom. The van der Waals surface area contributed by atoms with Crippen LogP contribution >= 0.6 is 11.3 Å². The van der Waals surface area contributed by atoms with Crippen molar-refractivity contribution in [2.24, 2.45) is 0 Å². The monoisotopic (exact) mass is 648 g/mol. The van der Waals surface area contributed by atoms with E-state index in [4.69, 9.17) is 14.6 Å². The zero-order chi connectivity index (χ0) is 33.3. The summed E-state index contributed by atoms with van der Waals surface area (Å²) in [5.41, 5.74) is -1.60. The lowest BCUT2D eigenvalue weighted by Crippen LogP contribution is -2.56. The lowest BCUT2D eigenvalue weighted by atomic mass is 10.0. The SMILES string of the molecule is COCCO.COCCOc1ccc(F)cc1CCn1c(=O)n(C(C)(C)C(=O)NC(C)C)c(=O)c2c(C)c(-n3nccn3)sc21. The molecule has 0 radical (unpaired) electrons. The van der Waals surface area contributed by atoms with Gasteiger partial charge in [0.15, 0.2) is 0 Å². The molecule has 0 aliphatic carbocycles. The molecule has 0 bridgehead atoms. The Labute approximate surface area is 264 Å². The van der Waals surface area contributed by atoms with Crippen LogP contribution in [-0.2, 0) is 32.8 Å². The van der Waals surface area contributed by atoms with Crippen molar-refractivity contribution in [3.05, 3.63) is 68.4 Å². The summed E-state index contributed by atoms with van der Waals surface area (Å²) in [6.45, 7) is 9.72. The number of amides is 1. The Bertz CT molecular complexity index is 1690. The number of aromatic nitrogens is 5. The molecule has 4 aromatic rings. The van der Waals surface area contributed by atoms with Gasteiger partial charge in [0.25, 0.3) is 5.56 Å². The topological polar surface area (TPSA) is 152 Å². The largest absolute Gasteiger partial charge is 0.491 e. The van der Waals surface area contributed by atoms with Gasteiger partial charge in [0.2, 0.25) is 5.91 Å². The van der Waals surface area contributed by atoms with Crippen molar-refractivity contribution in [3.63, 3.8) is 0 Å². The van der Waals surface area contributed by atoms with Crippen LogP contribution in [0.4, 0.5) is 4.39 Å². The zero-order valence-electron chi connectivity index (χ0n) is 26.6. The standard InChI is InChI=1S/C27H33FN6O5S.C3H8O2/c1-16(2)31-25(36)27(4,5)33-22(35)21-17(3)23(34-29-10-11-30-34)40-24(21)32(26(33)37)12-9-18-15-19(28)7-8-20(18)39-14-13-38-6;1-5-3-2-4/h7-8,10-11,15-16H,9,12-14H2,1-6H3,(H,31,36);4H,2-3H2,1H3. The van der Waals surface area contributed by atoms with Crippen LogP contribution in [0, 0.1) is 12.7 Å². The fraction of sp³-hybridized carbons (Fsp3) is 0.500. The Hall–Kier alpha value is -3.92. The molecule has 3 aromatic heterocycles. The summed E-state index contributed by atoms with van der Waals surface area (Å²) < 4.78 is 31.9. The highest BCUT2D eigenvalue weighted by Crippen LogP contribution is 2.31. The average Bonchev–Trinajstić information content (AvgIpc) is 3.62. The Kier molecular flexibility index (Phi) is 12.6. The summed E-state index contributed by atoms with van der Waals surface area (Å²) in [6.07, 6.45) is 3.26. The van der Waals surface area contributed by atoms with Crippen LogP contribution in [0.5, 0.6) is 5.75 Å². The fourth-order valence-corrected chi connectivity index (χ4v) is 5.76. The number of methoxy groups -OCH3 is 2. The Balaban J connectivity index is 0.00000102. The maximum Gasteiger partial charge on any atom is 0.333 e. The number of nitrogens with one attached hydrogen (secondary N) is 1. The highest BCUT2D eigenvalue weighted by atomic mass is 32.1. The van der Waals surface area contributed by atoms with Gasteiger partial charge in [-0.15, -0.1) is 4.80 Å². The smallest absolute Gasteiger partial charge is 0.333 e. The third kappa shape index (κ3) is 8.22. The number of aryl methyl sites for hydroxylation is 3. The van der Waals surface area contributed by atoms with E-state index in [9.17, 15) is 18.8 Å². The minimum atomic E-state index is -1.50. The predicted octanol–water partition coefficient (Wildman–Crippen LogP) is 2.41. The number of nitrogens with zero attached hydrogens (tertiary/aromatic N) is 5. The number of carbonyl (C=O) groups is 1. The maximum atomic E-state index is 14.2. The number of rotatable bonds is 13. The molecule has 13 nitrogen and oxygen atoms in total. The summed E-state index contributed by atoms with van der Waals surface area (Å²) in [6, 6.07) is 4.01. The first kappa shape index (κ1) is 35.6. The molecule has 0 saturated heterocycles. The molecule has 0 saturated carbocycles. The van der Waals surface area contributed by atoms with E-state index in [-0.39, 0.29) is 37.6 Å². The van der Waals surface area contributed by atoms with Crippen LogP contribution in [0.2, 0.25) is 0 Å². The summed E-state index contributed by atoms with van der Waals surface area (Å²) in [5.74, 6) is -0.438. The van der Waals surface area contributed by atoms with E-state index in [0.29, 0.717) is 39.9 Å². The molecule has 0 unspecified atom stereocenters. The van der Waals surface area contributed by atoms with Crippen LogP contribution in [-0.4, -0.2) is 81.8 Å². The second kappa shape index (κ2) is 15.9. The highest BCUT2D eigenvalue weighted by Gasteiger charge is 2.35. The zero-order valence-corrected chi connectivity index (χ0v) is 27.4. The first-order chi connectivity index (χ1) is 21.4. The molecule has 3 heterocycles. The molecule has 4 rings (SSSR count). The molecule has 0 atom stereocenters. The minimum Gasteiger partial charge on any atom is -0.491 e. The van der Waals surface area contributed by atoms with Gasteiger partial charge in [0, 0.05) is 32.4 Å². The minimum absolute atomic E-state index is 0.0908. The molecule has 1 aromatic carbocycles. The summed E-state index contributed by atoms with van der Waals surface area (Å²) in [4.78, 5) is 42.9. The van der Waals surface area contributed by atoms with Crippen LogP contribution in [0.25, 0.3) is 15.2 Å². The van der Waals surface area contributed by atoms with E-state index in [1.807, 2.05) is 0 Å². The number of aliphatic hydroxyl groups is 1. The van der Waals surface area contributed by atoms with Gasteiger partial charge in [0.1, 0.15) is 33.5 Å². The number of thiophene rings is 1. The van der Waals surface area contributed by atoms with E-state index in [0.717, 1.165) is 4.57 Å². The van der Waals surface area contributed by atoms with Crippen LogP contribution in [0.15, 0.2) is 40.2 Å². The van der Waals surface area contributed by atoms with Gasteiger partial charge in [-0.3, -0.25) is 14.2 Å². The van der Waals surface area contributed by atoms with Crippen molar-refractivity contribution in [3.8, 4) is 10.8 Å². The van der Waals surface area contributed by atoms with E-state index < -0.39 is 28.5 Å². The van der Waals surface area contributed by atoms with E-state index >= 15 is 0 Å². The first-order valence-electron chi connectivity index (χ1n) is 14.4.